The lowest BCUT2D eigenvalue weighted by molar-refractivity contribution is -0.336. The molecule has 12 atom stereocenters. The Morgan fingerprint density at radius 3 is 2.58 bits per heavy atom. The summed E-state index contributed by atoms with van der Waals surface area (Å²) in [6, 6.07) is 0. The summed E-state index contributed by atoms with van der Waals surface area (Å²) < 4.78 is 25.7. The van der Waals surface area contributed by atoms with E-state index >= 15 is 4.79 Å². The van der Waals surface area contributed by atoms with Gasteiger partial charge in [0.1, 0.15) is 11.9 Å². The molecule has 40 heavy (non-hydrogen) atoms. The minimum absolute atomic E-state index is 0.0622. The number of hydrogen-bond acceptors (Lipinski definition) is 9. The largest absolute Gasteiger partial charge is 0.465 e. The van der Waals surface area contributed by atoms with Crippen molar-refractivity contribution in [2.24, 2.45) is 45.8 Å². The molecular formula is C31H39NO8. The first kappa shape index (κ1) is 25.7. The number of ketones is 3. The third kappa shape index (κ3) is 2.39. The zero-order valence-electron chi connectivity index (χ0n) is 24.0. The van der Waals surface area contributed by atoms with E-state index in [0.29, 0.717) is 25.8 Å². The summed E-state index contributed by atoms with van der Waals surface area (Å²) in [6.07, 6.45) is 3.91. The Labute approximate surface area is 234 Å². The number of esters is 1. The molecule has 4 bridgehead atoms. The number of piperidine rings is 1. The molecule has 9 nitrogen and oxygen atoms in total. The fourth-order valence-electron chi connectivity index (χ4n) is 11.7. The van der Waals surface area contributed by atoms with Gasteiger partial charge in [0.2, 0.25) is 0 Å². The number of fused-ring (bicyclic) bond motifs is 4. The van der Waals surface area contributed by atoms with Gasteiger partial charge in [0.25, 0.3) is 0 Å². The first-order valence-electron chi connectivity index (χ1n) is 15.0. The number of hydrogen-bond donors (Lipinski definition) is 0. The summed E-state index contributed by atoms with van der Waals surface area (Å²) in [5, 5.41) is 0. The zero-order chi connectivity index (χ0) is 28.2. The van der Waals surface area contributed by atoms with Crippen molar-refractivity contribution in [3.8, 4) is 0 Å². The van der Waals surface area contributed by atoms with E-state index < -0.39 is 45.4 Å². The molecule has 5 heterocycles. The highest BCUT2D eigenvalue weighted by Crippen LogP contribution is 2.78. The molecule has 0 unspecified atom stereocenters. The van der Waals surface area contributed by atoms with E-state index in [9.17, 15) is 14.4 Å². The quantitative estimate of drug-likeness (QED) is 0.453. The maximum absolute atomic E-state index is 15.6. The van der Waals surface area contributed by atoms with Gasteiger partial charge in [-0.15, -0.1) is 0 Å². The molecule has 2 saturated carbocycles. The van der Waals surface area contributed by atoms with Gasteiger partial charge in [0, 0.05) is 42.2 Å². The van der Waals surface area contributed by atoms with Crippen LogP contribution in [0, 0.1) is 45.8 Å². The number of Topliss-reactive ketones (excluding diaryl/α,β-unsaturated/α-hetero) is 2. The molecule has 4 spiro atoms. The Bertz CT molecular complexity index is 1310. The van der Waals surface area contributed by atoms with Gasteiger partial charge in [-0.3, -0.25) is 19.2 Å². The smallest absolute Gasteiger partial charge is 0.306 e. The maximum Gasteiger partial charge on any atom is 0.306 e. The van der Waals surface area contributed by atoms with Crippen LogP contribution in [0.5, 0.6) is 0 Å². The van der Waals surface area contributed by atoms with Crippen molar-refractivity contribution in [1.29, 1.82) is 0 Å². The van der Waals surface area contributed by atoms with Crippen molar-refractivity contribution in [1.82, 2.24) is 4.90 Å². The van der Waals surface area contributed by atoms with Crippen LogP contribution < -0.4 is 0 Å². The summed E-state index contributed by atoms with van der Waals surface area (Å²) in [4.78, 5) is 58.9. The van der Waals surface area contributed by atoms with E-state index in [2.05, 4.69) is 18.7 Å². The predicted octanol–water partition coefficient (Wildman–Crippen LogP) is 2.45. The van der Waals surface area contributed by atoms with Crippen LogP contribution in [0.4, 0.5) is 0 Å². The lowest BCUT2D eigenvalue weighted by Gasteiger charge is -2.70. The van der Waals surface area contributed by atoms with Crippen LogP contribution in [0.15, 0.2) is 11.6 Å². The van der Waals surface area contributed by atoms with Crippen molar-refractivity contribution in [2.45, 2.75) is 83.5 Å². The molecule has 7 fully saturated rings. The Hall–Kier alpha value is -1.94. The van der Waals surface area contributed by atoms with Crippen LogP contribution in [0.2, 0.25) is 0 Å². The molecule has 8 rings (SSSR count). The first-order chi connectivity index (χ1) is 18.9. The summed E-state index contributed by atoms with van der Waals surface area (Å²) >= 11 is 0. The van der Waals surface area contributed by atoms with Gasteiger partial charge in [-0.25, -0.2) is 4.90 Å². The van der Waals surface area contributed by atoms with Gasteiger partial charge < -0.3 is 18.9 Å². The lowest BCUT2D eigenvalue weighted by atomic mass is 9.34. The van der Waals surface area contributed by atoms with E-state index in [1.54, 1.807) is 13.2 Å². The second kappa shape index (κ2) is 7.52. The van der Waals surface area contributed by atoms with Gasteiger partial charge in [0.15, 0.2) is 23.0 Å². The minimum atomic E-state index is -1.41. The van der Waals surface area contributed by atoms with Gasteiger partial charge in [-0.1, -0.05) is 26.3 Å². The predicted molar refractivity (Wildman–Crippen MR) is 138 cm³/mol. The van der Waals surface area contributed by atoms with Gasteiger partial charge in [-0.05, 0) is 50.5 Å². The second-order valence-electron chi connectivity index (χ2n) is 14.5. The highest BCUT2D eigenvalue weighted by atomic mass is 16.6. The Balaban J connectivity index is 1.40. The average Bonchev–Trinajstić information content (AvgIpc) is 3.51. The van der Waals surface area contributed by atoms with Crippen molar-refractivity contribution < 1.29 is 38.1 Å². The van der Waals surface area contributed by atoms with E-state index in [4.69, 9.17) is 18.9 Å². The molecule has 0 amide bonds. The maximum atomic E-state index is 15.6. The molecular weight excluding hydrogens is 514 g/mol. The molecule has 216 valence electrons. The van der Waals surface area contributed by atoms with Crippen LogP contribution >= 0.6 is 0 Å². The monoisotopic (exact) mass is 553 g/mol. The van der Waals surface area contributed by atoms with Crippen LogP contribution in [0.1, 0.15) is 59.8 Å². The molecule has 3 aliphatic carbocycles. The molecule has 8 aliphatic rings. The number of rotatable bonds is 1. The SMILES string of the molecule is CO[C@@H]1[C@@H](C)C[C@@H]2CN3[C@@]1(CC[C@@]1(C)[C@]4(COC(=O)C4)[C@H]4C(=O)[C@H](C)[C@@H]5C(=O)C=C(C)C[C@H]5[C@@]45CO[C@@]31C5=O)O2. The molecule has 5 aliphatic heterocycles. The molecule has 0 N–H and O–H groups in total. The van der Waals surface area contributed by atoms with Gasteiger partial charge in [0.05, 0.1) is 31.2 Å². The van der Waals surface area contributed by atoms with E-state index in [0.717, 1.165) is 12.0 Å². The number of carbonyl (C=O) groups is 4. The van der Waals surface area contributed by atoms with Gasteiger partial charge >= 0.3 is 5.97 Å². The van der Waals surface area contributed by atoms with E-state index in [1.165, 1.54) is 0 Å². The highest BCUT2D eigenvalue weighted by molar-refractivity contribution is 6.08. The van der Waals surface area contributed by atoms with Crippen LogP contribution in [0.25, 0.3) is 0 Å². The average molecular weight is 554 g/mol. The molecule has 0 aromatic heterocycles. The van der Waals surface area contributed by atoms with Crippen LogP contribution in [-0.2, 0) is 38.1 Å². The fourth-order valence-corrected chi connectivity index (χ4v) is 11.7. The number of allylic oxidation sites excluding steroid dienone is 2. The molecule has 5 saturated heterocycles. The normalized spacial score (nSPS) is 56.4. The van der Waals surface area contributed by atoms with Crippen molar-refractivity contribution in [2.75, 3.05) is 26.9 Å². The minimum Gasteiger partial charge on any atom is -0.465 e. The van der Waals surface area contributed by atoms with E-state index in [-0.39, 0.29) is 67.0 Å². The fraction of sp³-hybridized carbons (Fsp3) is 0.806. The topological polar surface area (TPSA) is 108 Å². The van der Waals surface area contributed by atoms with Gasteiger partial charge in [-0.2, -0.15) is 0 Å². The third-order valence-electron chi connectivity index (χ3n) is 13.2. The van der Waals surface area contributed by atoms with Crippen molar-refractivity contribution in [3.05, 3.63) is 11.6 Å². The lowest BCUT2D eigenvalue weighted by Crippen LogP contribution is -2.83. The summed E-state index contributed by atoms with van der Waals surface area (Å²) in [7, 11) is 1.71. The number of ether oxygens (including phenoxy) is 4. The van der Waals surface area contributed by atoms with Crippen molar-refractivity contribution >= 4 is 23.3 Å². The Kier molecular flexibility index (Phi) is 4.84. The Morgan fingerprint density at radius 2 is 1.88 bits per heavy atom. The highest BCUT2D eigenvalue weighted by Gasteiger charge is 2.90. The van der Waals surface area contributed by atoms with Crippen molar-refractivity contribution in [3.63, 3.8) is 0 Å². The zero-order valence-corrected chi connectivity index (χ0v) is 24.0. The second-order valence-corrected chi connectivity index (χ2v) is 14.5. The van der Waals surface area contributed by atoms with E-state index in [1.807, 2.05) is 13.8 Å². The number of methoxy groups -OCH3 is 1. The van der Waals surface area contributed by atoms with Crippen LogP contribution in [-0.4, -0.2) is 78.7 Å². The molecule has 9 heteroatoms. The number of carbonyl (C=O) groups excluding carboxylic acids is 4. The first-order valence-corrected chi connectivity index (χ1v) is 15.0. The Morgan fingerprint density at radius 1 is 1.10 bits per heavy atom. The number of nitrogens with zero attached hydrogens (tertiary/aromatic N) is 1. The third-order valence-corrected chi connectivity index (χ3v) is 13.2. The number of cyclic esters (lactones) is 1. The van der Waals surface area contributed by atoms with Crippen LogP contribution in [0.3, 0.4) is 0 Å². The molecule has 0 radical (unpaired) electrons. The summed E-state index contributed by atoms with van der Waals surface area (Å²) in [5.41, 5.74) is -4.34. The standard InChI is InChI=1S/C31H39NO8/c1-15-8-19-22(20(33)9-15)17(3)23(35)24-28(11-21(34)38-13-28)27(4)6-7-30-25(37-5)16(2)10-18(40-30)12-32(30)31(27)26(36)29(19,24)14-39-31/h9,16-19,22,24-25H,6-8,10-14H2,1-5H3/t16-,17+,18+,19+,22-,24+,25+,27-,28+,29-,30-,31+/m0/s1. The summed E-state index contributed by atoms with van der Waals surface area (Å²) in [6.45, 7) is 8.67. The molecule has 0 aromatic rings. The summed E-state index contributed by atoms with van der Waals surface area (Å²) in [5.74, 6) is -2.60. The molecule has 0 aromatic carbocycles.